The molecule has 25 heavy (non-hydrogen) atoms. The Hall–Kier alpha value is -2.79. The molecule has 0 fully saturated rings. The zero-order valence-corrected chi connectivity index (χ0v) is 14.6. The second kappa shape index (κ2) is 8.35. The molecule has 0 radical (unpaired) electrons. The predicted octanol–water partition coefficient (Wildman–Crippen LogP) is 0.598. The summed E-state index contributed by atoms with van der Waals surface area (Å²) in [6, 6.07) is 1.16. The van der Waals surface area contributed by atoms with Crippen molar-refractivity contribution in [2.75, 3.05) is 17.7 Å². The van der Waals surface area contributed by atoms with Crippen LogP contribution in [0.25, 0.3) is 0 Å². The van der Waals surface area contributed by atoms with Crippen molar-refractivity contribution >= 4 is 40.0 Å². The first-order chi connectivity index (χ1) is 11.9. The summed E-state index contributed by atoms with van der Waals surface area (Å²) >= 11 is 1.18. The van der Waals surface area contributed by atoms with Gasteiger partial charge < -0.3 is 26.8 Å². The van der Waals surface area contributed by atoms with Gasteiger partial charge >= 0.3 is 0 Å². The van der Waals surface area contributed by atoms with Gasteiger partial charge in [-0.2, -0.15) is 4.37 Å². The lowest BCUT2D eigenvalue weighted by Crippen LogP contribution is -2.35. The number of nitrogens with one attached hydrogen (secondary N) is 2. The molecule has 10 nitrogen and oxygen atoms in total. The highest BCUT2D eigenvalue weighted by Crippen LogP contribution is 2.24. The maximum absolute atomic E-state index is 11.6. The molecular weight excluding hydrogens is 346 g/mol. The molecule has 0 aliphatic rings. The molecule has 0 saturated carbocycles. The van der Waals surface area contributed by atoms with Crippen LogP contribution in [0.4, 0.5) is 16.6 Å². The van der Waals surface area contributed by atoms with Crippen molar-refractivity contribution in [3.8, 4) is 0 Å². The fourth-order valence-electron chi connectivity index (χ4n) is 1.98. The zero-order chi connectivity index (χ0) is 18.4. The lowest BCUT2D eigenvalue weighted by atomic mass is 10.2. The third kappa shape index (κ3) is 4.84. The summed E-state index contributed by atoms with van der Waals surface area (Å²) in [5, 5.41) is 6.48. The number of rotatable bonds is 9. The van der Waals surface area contributed by atoms with Crippen molar-refractivity contribution in [3.63, 3.8) is 0 Å². The Morgan fingerprint density at radius 1 is 1.40 bits per heavy atom. The first-order valence-corrected chi connectivity index (χ1v) is 8.16. The van der Waals surface area contributed by atoms with Gasteiger partial charge in [0.25, 0.3) is 5.91 Å². The molecule has 0 bridgehead atoms. The average Bonchev–Trinajstić information content (AvgIpc) is 2.99. The first-order valence-electron chi connectivity index (χ1n) is 7.38. The molecule has 11 heteroatoms. The standard InChI is InChI=1S/C14H19N7O3S/c1-3-8(12(15)22)18-9-5-17-11(13(16)23)14(19-9)20-10-4-7(6-24-2)21-25-10/h4-5,8H,3,6H2,1-2H3,(H2,15,22)(H2,16,23)(H2,18,19,20)/t8-/m1/s1. The summed E-state index contributed by atoms with van der Waals surface area (Å²) in [5.74, 6) is -0.793. The molecule has 2 amide bonds. The van der Waals surface area contributed by atoms with Crippen LogP contribution in [0.1, 0.15) is 29.5 Å². The van der Waals surface area contributed by atoms with Crippen LogP contribution in [-0.2, 0) is 16.1 Å². The van der Waals surface area contributed by atoms with E-state index in [0.717, 1.165) is 5.69 Å². The minimum absolute atomic E-state index is 0.0284. The molecule has 2 rings (SSSR count). The summed E-state index contributed by atoms with van der Waals surface area (Å²) in [4.78, 5) is 31.2. The van der Waals surface area contributed by atoms with Gasteiger partial charge in [-0.3, -0.25) is 9.59 Å². The number of aromatic nitrogens is 3. The highest BCUT2D eigenvalue weighted by atomic mass is 32.1. The monoisotopic (exact) mass is 365 g/mol. The molecule has 2 heterocycles. The van der Waals surface area contributed by atoms with E-state index in [1.165, 1.54) is 17.7 Å². The topological polar surface area (TPSA) is 158 Å². The van der Waals surface area contributed by atoms with Gasteiger partial charge in [-0.05, 0) is 24.0 Å². The molecule has 0 aliphatic heterocycles. The summed E-state index contributed by atoms with van der Waals surface area (Å²) in [5.41, 5.74) is 11.4. The molecule has 0 saturated heterocycles. The fraction of sp³-hybridized carbons (Fsp3) is 0.357. The molecule has 0 spiro atoms. The predicted molar refractivity (Wildman–Crippen MR) is 93.6 cm³/mol. The number of ether oxygens (including phenoxy) is 1. The van der Waals surface area contributed by atoms with Gasteiger partial charge in [0.2, 0.25) is 5.91 Å². The van der Waals surface area contributed by atoms with Crippen LogP contribution in [0.3, 0.4) is 0 Å². The normalized spacial score (nSPS) is 11.8. The minimum atomic E-state index is -0.731. The second-order valence-corrected chi connectivity index (χ2v) is 5.87. The maximum Gasteiger partial charge on any atom is 0.271 e. The van der Waals surface area contributed by atoms with Gasteiger partial charge in [0.05, 0.1) is 18.5 Å². The van der Waals surface area contributed by atoms with Gasteiger partial charge in [0, 0.05) is 7.11 Å². The summed E-state index contributed by atoms with van der Waals surface area (Å²) in [6.45, 7) is 2.17. The Labute approximate surface area is 148 Å². The van der Waals surface area contributed by atoms with Crippen LogP contribution < -0.4 is 22.1 Å². The largest absolute Gasteiger partial charge is 0.378 e. The van der Waals surface area contributed by atoms with Crippen molar-refractivity contribution in [3.05, 3.63) is 23.7 Å². The van der Waals surface area contributed by atoms with E-state index in [4.69, 9.17) is 16.2 Å². The van der Waals surface area contributed by atoms with Crippen LogP contribution in [0.2, 0.25) is 0 Å². The molecule has 0 aromatic carbocycles. The summed E-state index contributed by atoms with van der Waals surface area (Å²) in [7, 11) is 1.57. The van der Waals surface area contributed by atoms with Gasteiger partial charge in [-0.25, -0.2) is 9.97 Å². The van der Waals surface area contributed by atoms with Gasteiger partial charge in [0.1, 0.15) is 16.9 Å². The Morgan fingerprint density at radius 2 is 2.16 bits per heavy atom. The van der Waals surface area contributed by atoms with E-state index < -0.39 is 17.9 Å². The fourth-order valence-corrected chi connectivity index (χ4v) is 2.63. The summed E-state index contributed by atoms with van der Waals surface area (Å²) < 4.78 is 9.21. The van der Waals surface area contributed by atoms with Crippen molar-refractivity contribution in [1.82, 2.24) is 14.3 Å². The molecule has 134 valence electrons. The van der Waals surface area contributed by atoms with Crippen LogP contribution >= 0.6 is 11.5 Å². The van der Waals surface area contributed by atoms with Crippen molar-refractivity contribution < 1.29 is 14.3 Å². The lowest BCUT2D eigenvalue weighted by Gasteiger charge is -2.15. The van der Waals surface area contributed by atoms with Crippen LogP contribution in [0.5, 0.6) is 0 Å². The molecular formula is C14H19N7O3S. The zero-order valence-electron chi connectivity index (χ0n) is 13.8. The number of methoxy groups -OCH3 is 1. The van der Waals surface area contributed by atoms with E-state index in [1.807, 2.05) is 0 Å². The number of anilines is 3. The lowest BCUT2D eigenvalue weighted by molar-refractivity contribution is -0.118. The number of nitrogens with zero attached hydrogens (tertiary/aromatic N) is 3. The van der Waals surface area contributed by atoms with E-state index >= 15 is 0 Å². The number of carbonyl (C=O) groups excluding carboxylic acids is 2. The molecule has 0 unspecified atom stereocenters. The molecule has 0 aliphatic carbocycles. The van der Waals surface area contributed by atoms with E-state index in [-0.39, 0.29) is 11.5 Å². The Bertz CT molecular complexity index is 765. The first kappa shape index (κ1) is 18.5. The molecule has 2 aromatic heterocycles. The average molecular weight is 365 g/mol. The Balaban J connectivity index is 2.27. The van der Waals surface area contributed by atoms with Crippen LogP contribution in [0.15, 0.2) is 12.3 Å². The number of primary amides is 2. The molecule has 2 aromatic rings. The minimum Gasteiger partial charge on any atom is -0.378 e. The quantitative estimate of drug-likeness (QED) is 0.503. The SMILES string of the molecule is CC[C@@H](Nc1cnc(C(N)=O)c(Nc2cc(COC)ns2)n1)C(N)=O. The van der Waals surface area contributed by atoms with Gasteiger partial charge in [0.15, 0.2) is 11.5 Å². The van der Waals surface area contributed by atoms with Gasteiger partial charge in [-0.15, -0.1) is 0 Å². The summed E-state index contributed by atoms with van der Waals surface area (Å²) in [6.07, 6.45) is 1.80. The third-order valence-corrected chi connectivity index (χ3v) is 3.91. The maximum atomic E-state index is 11.6. The van der Waals surface area contributed by atoms with Crippen LogP contribution in [-0.4, -0.2) is 39.3 Å². The molecule has 6 N–H and O–H groups in total. The smallest absolute Gasteiger partial charge is 0.271 e. The number of carbonyl (C=O) groups is 2. The molecule has 1 atom stereocenters. The van der Waals surface area contributed by atoms with E-state index in [9.17, 15) is 9.59 Å². The highest BCUT2D eigenvalue weighted by Gasteiger charge is 2.17. The number of hydrogen-bond acceptors (Lipinski definition) is 9. The van der Waals surface area contributed by atoms with E-state index in [0.29, 0.717) is 23.8 Å². The van der Waals surface area contributed by atoms with Crippen molar-refractivity contribution in [2.45, 2.75) is 26.0 Å². The van der Waals surface area contributed by atoms with E-state index in [2.05, 4.69) is 25.0 Å². The Kier molecular flexibility index (Phi) is 6.19. The van der Waals surface area contributed by atoms with Crippen LogP contribution in [0, 0.1) is 0 Å². The Morgan fingerprint density at radius 3 is 2.76 bits per heavy atom. The third-order valence-electron chi connectivity index (χ3n) is 3.17. The second-order valence-electron chi connectivity index (χ2n) is 5.06. The van der Waals surface area contributed by atoms with Crippen molar-refractivity contribution in [2.24, 2.45) is 11.5 Å². The number of hydrogen-bond donors (Lipinski definition) is 4. The highest BCUT2D eigenvalue weighted by molar-refractivity contribution is 7.10. The number of nitrogens with two attached hydrogens (primary N) is 2. The number of amides is 2. The van der Waals surface area contributed by atoms with Gasteiger partial charge in [-0.1, -0.05) is 6.92 Å². The van der Waals surface area contributed by atoms with E-state index in [1.54, 1.807) is 20.1 Å². The van der Waals surface area contributed by atoms with Crippen molar-refractivity contribution in [1.29, 1.82) is 0 Å².